The number of aromatic nitrogens is 3. The zero-order valence-electron chi connectivity index (χ0n) is 9.82. The molecule has 0 aliphatic rings. The van der Waals surface area contributed by atoms with Crippen LogP contribution in [0, 0.1) is 0 Å². The van der Waals surface area contributed by atoms with E-state index in [1.165, 1.54) is 14.2 Å². The van der Waals surface area contributed by atoms with Crippen LogP contribution in [0.15, 0.2) is 29.1 Å². The molecule has 1 aromatic carbocycles. The summed E-state index contributed by atoms with van der Waals surface area (Å²) in [6, 6.07) is 6.57. The van der Waals surface area contributed by atoms with Crippen molar-refractivity contribution in [2.24, 2.45) is 7.05 Å². The molecule has 0 fully saturated rings. The number of ether oxygens (including phenoxy) is 1. The summed E-state index contributed by atoms with van der Waals surface area (Å²) in [5.74, 6) is -0.918. The molecule has 0 aliphatic carbocycles. The maximum Gasteiger partial charge on any atom is 0.374 e. The lowest BCUT2D eigenvalue weighted by atomic mass is 10.3. The Hall–Kier alpha value is -2.57. The molecule has 1 heterocycles. The average molecular weight is 249 g/mol. The Morgan fingerprint density at radius 2 is 1.94 bits per heavy atom. The summed E-state index contributed by atoms with van der Waals surface area (Å²) < 4.78 is 7.00. The number of nitrogens with zero attached hydrogens (tertiary/aromatic N) is 3. The number of hydrogen-bond donors (Lipinski definition) is 1. The Kier molecular flexibility index (Phi) is 2.88. The van der Waals surface area contributed by atoms with E-state index in [-0.39, 0.29) is 5.82 Å². The molecule has 7 nitrogen and oxygen atoms in total. The third kappa shape index (κ3) is 1.86. The van der Waals surface area contributed by atoms with Gasteiger partial charge in [0.05, 0.1) is 12.8 Å². The Morgan fingerprint density at radius 1 is 1.33 bits per heavy atom. The van der Waals surface area contributed by atoms with Gasteiger partial charge in [0, 0.05) is 7.05 Å². The molecule has 0 amide bonds. The maximum absolute atomic E-state index is 11.8. The molecule has 0 spiro atoms. The summed E-state index contributed by atoms with van der Waals surface area (Å²) in [6.45, 7) is 0. The van der Waals surface area contributed by atoms with Crippen LogP contribution in [0.4, 0.5) is 0 Å². The lowest BCUT2D eigenvalue weighted by Crippen LogP contribution is -2.22. The fourth-order valence-corrected chi connectivity index (χ4v) is 1.52. The lowest BCUT2D eigenvalue weighted by Gasteiger charge is -2.01. The zero-order chi connectivity index (χ0) is 13.3. The highest BCUT2D eigenvalue weighted by Gasteiger charge is 2.16. The van der Waals surface area contributed by atoms with Crippen LogP contribution in [0.2, 0.25) is 0 Å². The predicted octanol–water partition coefficient (Wildman–Crippen LogP) is 0.278. The number of rotatable bonds is 3. The minimum Gasteiger partial charge on any atom is -0.497 e. The second-order valence-corrected chi connectivity index (χ2v) is 3.58. The van der Waals surface area contributed by atoms with Crippen LogP contribution >= 0.6 is 0 Å². The summed E-state index contributed by atoms with van der Waals surface area (Å²) in [4.78, 5) is 22.7. The standard InChI is InChI=1S/C11H11N3O4/c1-13-9(10(15)16)12-14(11(13)17)7-3-5-8(18-2)6-4-7/h3-6H,1-2H3,(H,15,16). The van der Waals surface area contributed by atoms with Gasteiger partial charge in [-0.1, -0.05) is 0 Å². The second kappa shape index (κ2) is 4.36. The van der Waals surface area contributed by atoms with Gasteiger partial charge in [0.1, 0.15) is 5.75 Å². The average Bonchev–Trinajstić information content (AvgIpc) is 2.67. The van der Waals surface area contributed by atoms with Gasteiger partial charge in [-0.3, -0.25) is 4.57 Å². The van der Waals surface area contributed by atoms with Gasteiger partial charge in [-0.05, 0) is 24.3 Å². The van der Waals surface area contributed by atoms with E-state index in [4.69, 9.17) is 9.84 Å². The molecule has 0 bridgehead atoms. The third-order valence-electron chi connectivity index (χ3n) is 2.49. The van der Waals surface area contributed by atoms with Gasteiger partial charge in [-0.2, -0.15) is 4.68 Å². The number of hydrogen-bond acceptors (Lipinski definition) is 4. The van der Waals surface area contributed by atoms with Crippen LogP contribution in [0.5, 0.6) is 5.75 Å². The third-order valence-corrected chi connectivity index (χ3v) is 2.49. The van der Waals surface area contributed by atoms with Gasteiger partial charge in [0.25, 0.3) is 0 Å². The summed E-state index contributed by atoms with van der Waals surface area (Å²) >= 11 is 0. The van der Waals surface area contributed by atoms with Gasteiger partial charge in [-0.15, -0.1) is 5.10 Å². The normalized spacial score (nSPS) is 10.3. The molecule has 0 aliphatic heterocycles. The number of carbonyl (C=O) groups is 1. The van der Waals surface area contributed by atoms with Crippen molar-refractivity contribution in [3.8, 4) is 11.4 Å². The van der Waals surface area contributed by atoms with Crippen LogP contribution < -0.4 is 10.4 Å². The highest BCUT2D eigenvalue weighted by Crippen LogP contribution is 2.13. The molecule has 2 rings (SSSR count). The predicted molar refractivity (Wildman–Crippen MR) is 62.3 cm³/mol. The van der Waals surface area contributed by atoms with Crippen LogP contribution in [-0.2, 0) is 7.05 Å². The van der Waals surface area contributed by atoms with E-state index in [1.807, 2.05) is 0 Å². The van der Waals surface area contributed by atoms with Crippen molar-refractivity contribution >= 4 is 5.97 Å². The van der Waals surface area contributed by atoms with Crippen molar-refractivity contribution < 1.29 is 14.6 Å². The van der Waals surface area contributed by atoms with E-state index in [1.54, 1.807) is 24.3 Å². The zero-order valence-corrected chi connectivity index (χ0v) is 9.82. The van der Waals surface area contributed by atoms with Crippen molar-refractivity contribution in [2.45, 2.75) is 0 Å². The van der Waals surface area contributed by atoms with Gasteiger partial charge < -0.3 is 9.84 Å². The summed E-state index contributed by atoms with van der Waals surface area (Å²) in [6.07, 6.45) is 0. The molecule has 18 heavy (non-hydrogen) atoms. The molecule has 0 atom stereocenters. The van der Waals surface area contributed by atoms with E-state index in [0.717, 1.165) is 9.25 Å². The van der Waals surface area contributed by atoms with Crippen LogP contribution in [0.25, 0.3) is 5.69 Å². The van der Waals surface area contributed by atoms with Crippen LogP contribution in [0.3, 0.4) is 0 Å². The molecule has 2 aromatic rings. The minimum absolute atomic E-state index is 0.309. The minimum atomic E-state index is -1.25. The van der Waals surface area contributed by atoms with E-state index in [9.17, 15) is 9.59 Å². The first kappa shape index (κ1) is 11.9. The maximum atomic E-state index is 11.8. The Labute approximate surface area is 102 Å². The van der Waals surface area contributed by atoms with E-state index >= 15 is 0 Å². The first-order chi connectivity index (χ1) is 8.54. The van der Waals surface area contributed by atoms with Gasteiger partial charge >= 0.3 is 11.7 Å². The second-order valence-electron chi connectivity index (χ2n) is 3.58. The van der Waals surface area contributed by atoms with Crippen LogP contribution in [0.1, 0.15) is 10.6 Å². The molecular weight excluding hydrogens is 238 g/mol. The topological polar surface area (TPSA) is 86.3 Å². The molecule has 94 valence electrons. The van der Waals surface area contributed by atoms with Crippen molar-refractivity contribution in [2.75, 3.05) is 7.11 Å². The summed E-state index contributed by atoms with van der Waals surface area (Å²) in [5, 5.41) is 12.6. The molecule has 0 unspecified atom stereocenters. The van der Waals surface area contributed by atoms with Gasteiger partial charge in [-0.25, -0.2) is 9.59 Å². The molecular formula is C11H11N3O4. The highest BCUT2D eigenvalue weighted by molar-refractivity contribution is 5.83. The molecule has 1 N–H and O–H groups in total. The Morgan fingerprint density at radius 3 is 2.39 bits per heavy atom. The fraction of sp³-hybridized carbons (Fsp3) is 0.182. The fourth-order valence-electron chi connectivity index (χ4n) is 1.52. The smallest absolute Gasteiger partial charge is 0.374 e. The Bertz CT molecular complexity index is 639. The monoisotopic (exact) mass is 249 g/mol. The van der Waals surface area contributed by atoms with E-state index in [2.05, 4.69) is 5.10 Å². The number of carboxylic acids is 1. The summed E-state index contributed by atoms with van der Waals surface area (Å²) in [7, 11) is 2.89. The quantitative estimate of drug-likeness (QED) is 0.844. The molecule has 7 heteroatoms. The lowest BCUT2D eigenvalue weighted by molar-refractivity contribution is 0.0678. The summed E-state index contributed by atoms with van der Waals surface area (Å²) in [5.41, 5.74) is -0.0403. The van der Waals surface area contributed by atoms with Crippen LogP contribution in [-0.4, -0.2) is 32.5 Å². The largest absolute Gasteiger partial charge is 0.497 e. The highest BCUT2D eigenvalue weighted by atomic mass is 16.5. The van der Waals surface area contributed by atoms with Crippen molar-refractivity contribution in [1.29, 1.82) is 0 Å². The van der Waals surface area contributed by atoms with Crippen molar-refractivity contribution in [3.63, 3.8) is 0 Å². The SMILES string of the molecule is COc1ccc(-n2nc(C(=O)O)n(C)c2=O)cc1. The first-order valence-electron chi connectivity index (χ1n) is 5.08. The van der Waals surface area contributed by atoms with Gasteiger partial charge in [0.2, 0.25) is 5.82 Å². The van der Waals surface area contributed by atoms with Crippen molar-refractivity contribution in [3.05, 3.63) is 40.6 Å². The molecule has 1 aromatic heterocycles. The molecule has 0 saturated carbocycles. The van der Waals surface area contributed by atoms with Crippen molar-refractivity contribution in [1.82, 2.24) is 14.3 Å². The van der Waals surface area contributed by atoms with E-state index in [0.29, 0.717) is 11.4 Å². The molecule has 0 saturated heterocycles. The van der Waals surface area contributed by atoms with E-state index < -0.39 is 11.7 Å². The number of aromatic carboxylic acids is 1. The van der Waals surface area contributed by atoms with Gasteiger partial charge in [0.15, 0.2) is 0 Å². The number of methoxy groups -OCH3 is 1. The number of benzene rings is 1. The first-order valence-corrected chi connectivity index (χ1v) is 5.08. The number of carboxylic acid groups (broad SMARTS) is 1. The molecule has 0 radical (unpaired) electrons. The Balaban J connectivity index is 2.54.